The fourth-order valence-electron chi connectivity index (χ4n) is 1.08. The Kier molecular flexibility index (Phi) is 7.89. The van der Waals surface area contributed by atoms with Gasteiger partial charge in [0.1, 0.15) is 0 Å². The molecule has 0 aliphatic heterocycles. The maximum absolute atomic E-state index is 11.6. The van der Waals surface area contributed by atoms with Crippen molar-refractivity contribution in [1.29, 1.82) is 0 Å². The van der Waals surface area contributed by atoms with E-state index in [9.17, 15) is 9.59 Å². The molecule has 0 radical (unpaired) electrons. The summed E-state index contributed by atoms with van der Waals surface area (Å²) in [5.41, 5.74) is -0.520. The molecule has 0 bridgehead atoms. The van der Waals surface area contributed by atoms with Gasteiger partial charge in [0.15, 0.2) is 0 Å². The number of rotatable bonds is 6. The molecular weight excluding hydrogens is 280 g/mol. The second-order valence-corrected chi connectivity index (χ2v) is 8.97. The lowest BCUT2D eigenvalue weighted by atomic mass is 9.96. The first-order chi connectivity index (χ1) is 8.52. The minimum atomic E-state index is -0.343. The van der Waals surface area contributed by atoms with Crippen LogP contribution >= 0.6 is 21.6 Å². The maximum Gasteiger partial charge on any atom is 0.231 e. The van der Waals surface area contributed by atoms with Crippen molar-refractivity contribution in [2.24, 2.45) is 5.41 Å². The van der Waals surface area contributed by atoms with E-state index in [2.05, 4.69) is 10.6 Å². The van der Waals surface area contributed by atoms with Gasteiger partial charge in [0, 0.05) is 23.3 Å². The van der Waals surface area contributed by atoms with Gasteiger partial charge >= 0.3 is 0 Å². The van der Waals surface area contributed by atoms with E-state index in [4.69, 9.17) is 0 Å². The number of hydrogen-bond donors (Lipinski definition) is 2. The molecule has 0 aliphatic rings. The second kappa shape index (κ2) is 8.04. The van der Waals surface area contributed by atoms with Gasteiger partial charge in [-0.15, -0.1) is 0 Å². The third-order valence-electron chi connectivity index (χ3n) is 1.94. The fourth-order valence-corrected chi connectivity index (χ4v) is 2.82. The topological polar surface area (TPSA) is 58.2 Å². The van der Waals surface area contributed by atoms with Crippen LogP contribution < -0.4 is 10.6 Å². The summed E-state index contributed by atoms with van der Waals surface area (Å²) < 4.78 is 0. The van der Waals surface area contributed by atoms with E-state index in [1.807, 2.05) is 41.5 Å². The standard InChI is InChI=1S/C13H26N2O2S2/c1-12(2,3)11(17)14-7-8-18-19-9-10(16)15-13(4,5)6/h7-9H2,1-6H3,(H,14,17)(H,15,16). The summed E-state index contributed by atoms with van der Waals surface area (Å²) in [6, 6.07) is 0. The number of carbonyl (C=O) groups excluding carboxylic acids is 2. The molecule has 0 fully saturated rings. The SMILES string of the molecule is CC(C)(C)NC(=O)CSSCCNC(=O)C(C)(C)C. The molecule has 0 aliphatic carbocycles. The highest BCUT2D eigenvalue weighted by molar-refractivity contribution is 8.76. The molecule has 0 atom stereocenters. The molecule has 0 spiro atoms. The van der Waals surface area contributed by atoms with Crippen LogP contribution in [0.25, 0.3) is 0 Å². The Hall–Kier alpha value is -0.360. The summed E-state index contributed by atoms with van der Waals surface area (Å²) in [4.78, 5) is 23.1. The molecule has 0 heterocycles. The highest BCUT2D eigenvalue weighted by Gasteiger charge is 2.20. The average molecular weight is 306 g/mol. The van der Waals surface area contributed by atoms with E-state index in [-0.39, 0.29) is 22.8 Å². The quantitative estimate of drug-likeness (QED) is 0.584. The normalized spacial score (nSPS) is 12.1. The van der Waals surface area contributed by atoms with Crippen LogP contribution in [0.3, 0.4) is 0 Å². The minimum absolute atomic E-state index is 0.0451. The predicted molar refractivity (Wildman–Crippen MR) is 85.3 cm³/mol. The largest absolute Gasteiger partial charge is 0.355 e. The van der Waals surface area contributed by atoms with Crippen LogP contribution in [0.2, 0.25) is 0 Å². The van der Waals surface area contributed by atoms with Gasteiger partial charge in [0.2, 0.25) is 11.8 Å². The van der Waals surface area contributed by atoms with Crippen LogP contribution in [-0.4, -0.2) is 35.4 Å². The molecule has 0 aromatic rings. The molecule has 6 heteroatoms. The highest BCUT2D eigenvalue weighted by Crippen LogP contribution is 2.20. The summed E-state index contributed by atoms with van der Waals surface area (Å²) >= 11 is 0. The summed E-state index contributed by atoms with van der Waals surface area (Å²) in [7, 11) is 3.12. The lowest BCUT2D eigenvalue weighted by Crippen LogP contribution is -2.41. The summed E-state index contributed by atoms with van der Waals surface area (Å²) in [6.07, 6.45) is 0. The van der Waals surface area contributed by atoms with E-state index in [1.54, 1.807) is 10.8 Å². The first-order valence-electron chi connectivity index (χ1n) is 6.36. The maximum atomic E-state index is 11.6. The van der Waals surface area contributed by atoms with Crippen LogP contribution in [0.1, 0.15) is 41.5 Å². The number of amides is 2. The van der Waals surface area contributed by atoms with Crippen molar-refractivity contribution in [2.75, 3.05) is 18.1 Å². The van der Waals surface area contributed by atoms with Crippen molar-refractivity contribution in [3.05, 3.63) is 0 Å². The molecule has 19 heavy (non-hydrogen) atoms. The molecule has 4 nitrogen and oxygen atoms in total. The van der Waals surface area contributed by atoms with Gasteiger partial charge in [-0.05, 0) is 20.8 Å². The Morgan fingerprint density at radius 2 is 1.58 bits per heavy atom. The Bertz CT molecular complexity index is 307. The molecule has 0 aromatic heterocycles. The number of carbonyl (C=O) groups is 2. The van der Waals surface area contributed by atoms with Crippen LogP contribution in [0, 0.1) is 5.41 Å². The lowest BCUT2D eigenvalue weighted by molar-refractivity contribution is -0.128. The number of nitrogens with one attached hydrogen (secondary N) is 2. The third-order valence-corrected chi connectivity index (χ3v) is 4.21. The van der Waals surface area contributed by atoms with Gasteiger partial charge in [-0.3, -0.25) is 9.59 Å². The summed E-state index contributed by atoms with van der Waals surface area (Å²) in [5, 5.41) is 5.78. The minimum Gasteiger partial charge on any atom is -0.355 e. The lowest BCUT2D eigenvalue weighted by Gasteiger charge is -2.20. The van der Waals surface area contributed by atoms with Crippen molar-refractivity contribution >= 4 is 33.4 Å². The van der Waals surface area contributed by atoms with Gasteiger partial charge < -0.3 is 10.6 Å². The molecule has 2 N–H and O–H groups in total. The fraction of sp³-hybridized carbons (Fsp3) is 0.846. The van der Waals surface area contributed by atoms with E-state index in [0.29, 0.717) is 12.3 Å². The molecule has 2 amide bonds. The van der Waals surface area contributed by atoms with Gasteiger partial charge in [-0.25, -0.2) is 0 Å². The first-order valence-corrected chi connectivity index (χ1v) is 8.85. The summed E-state index contributed by atoms with van der Waals surface area (Å²) in [5.74, 6) is 1.34. The van der Waals surface area contributed by atoms with Gasteiger partial charge in [0.25, 0.3) is 0 Å². The van der Waals surface area contributed by atoms with Gasteiger partial charge in [-0.1, -0.05) is 42.4 Å². The van der Waals surface area contributed by atoms with Crippen molar-refractivity contribution < 1.29 is 9.59 Å². The molecule has 112 valence electrons. The zero-order valence-corrected chi connectivity index (χ0v) is 14.4. The molecule has 0 rings (SSSR count). The molecule has 0 saturated heterocycles. The first kappa shape index (κ1) is 18.6. The van der Waals surface area contributed by atoms with Gasteiger partial charge in [0.05, 0.1) is 5.75 Å². The molecule has 0 unspecified atom stereocenters. The van der Waals surface area contributed by atoms with E-state index >= 15 is 0 Å². The Labute approximate surface area is 124 Å². The van der Waals surface area contributed by atoms with Crippen molar-refractivity contribution in [3.63, 3.8) is 0 Å². The third kappa shape index (κ3) is 11.2. The monoisotopic (exact) mass is 306 g/mol. The van der Waals surface area contributed by atoms with Crippen LogP contribution in [-0.2, 0) is 9.59 Å². The van der Waals surface area contributed by atoms with Crippen LogP contribution in [0.4, 0.5) is 0 Å². The molecule has 0 saturated carbocycles. The number of hydrogen-bond acceptors (Lipinski definition) is 4. The zero-order chi connectivity index (χ0) is 15.1. The van der Waals surface area contributed by atoms with E-state index in [0.717, 1.165) is 5.75 Å². The van der Waals surface area contributed by atoms with Crippen molar-refractivity contribution in [1.82, 2.24) is 10.6 Å². The van der Waals surface area contributed by atoms with Crippen LogP contribution in [0.5, 0.6) is 0 Å². The zero-order valence-electron chi connectivity index (χ0n) is 12.8. The van der Waals surface area contributed by atoms with Gasteiger partial charge in [-0.2, -0.15) is 0 Å². The Morgan fingerprint density at radius 1 is 1.00 bits per heavy atom. The Balaban J connectivity index is 3.57. The molecule has 0 aromatic carbocycles. The van der Waals surface area contributed by atoms with Crippen molar-refractivity contribution in [3.8, 4) is 0 Å². The van der Waals surface area contributed by atoms with E-state index < -0.39 is 0 Å². The smallest absolute Gasteiger partial charge is 0.231 e. The second-order valence-electron chi connectivity index (χ2n) is 6.39. The average Bonchev–Trinajstić information content (AvgIpc) is 2.18. The molecular formula is C13H26N2O2S2. The Morgan fingerprint density at radius 3 is 2.05 bits per heavy atom. The predicted octanol–water partition coefficient (Wildman–Crippen LogP) is 2.44. The van der Waals surface area contributed by atoms with Crippen molar-refractivity contribution in [2.45, 2.75) is 47.1 Å². The highest BCUT2D eigenvalue weighted by atomic mass is 33.1. The van der Waals surface area contributed by atoms with E-state index in [1.165, 1.54) is 10.8 Å². The van der Waals surface area contributed by atoms with Crippen LogP contribution in [0.15, 0.2) is 0 Å². The summed E-state index contributed by atoms with van der Waals surface area (Å²) in [6.45, 7) is 12.2.